The van der Waals surface area contributed by atoms with Gasteiger partial charge in [-0.1, -0.05) is 285 Å². The van der Waals surface area contributed by atoms with E-state index in [-0.39, 0.29) is 31.1 Å². The Morgan fingerprint density at radius 3 is 0.785 bits per heavy atom. The molecule has 0 radical (unpaired) electrons. The Bertz CT molecular complexity index is 1540. The first kappa shape index (κ1) is 75.3. The van der Waals surface area contributed by atoms with Crippen LogP contribution < -0.4 is 0 Å². The highest BCUT2D eigenvalue weighted by molar-refractivity contribution is 5.71. The third-order valence-electron chi connectivity index (χ3n) is 14.5. The molecule has 0 saturated heterocycles. The molecule has 0 N–H and O–H groups in total. The zero-order valence-corrected chi connectivity index (χ0v) is 52.1. The monoisotopic (exact) mass is 1100 g/mol. The van der Waals surface area contributed by atoms with Crippen molar-refractivity contribution in [1.29, 1.82) is 0 Å². The number of hydrogen-bond donors (Lipinski definition) is 0. The summed E-state index contributed by atoms with van der Waals surface area (Å²) in [5, 5.41) is 0. The molecule has 0 aromatic heterocycles. The van der Waals surface area contributed by atoms with Gasteiger partial charge in [-0.3, -0.25) is 14.4 Å². The van der Waals surface area contributed by atoms with Gasteiger partial charge in [-0.15, -0.1) is 0 Å². The van der Waals surface area contributed by atoms with E-state index in [0.29, 0.717) is 19.3 Å². The van der Waals surface area contributed by atoms with E-state index >= 15 is 0 Å². The van der Waals surface area contributed by atoms with Crippen LogP contribution in [0, 0.1) is 0 Å². The standard InChI is InChI=1S/C73H126O6/c1-4-7-10-13-16-19-22-25-28-31-34-36-39-42-45-48-51-54-57-60-63-66-72(75)78-69-70(68-77-71(74)65-62-59-56-53-50-47-44-41-38-33-30-27-24-21-18-15-12-9-6-3)79-73(76)67-64-61-58-55-52-49-46-43-40-37-35-32-29-26-23-20-17-14-11-8-5-2/h7,10,16,19,23,25-28,30,32,34-36,42,45,70H,4-6,8-9,11-15,17-18,20-22,24,29,31,33,37-41,43-44,46-69H2,1-3H3/b10-7-,19-16-,26-23-,28-25-,30-27-,35-32-,36-34-,45-42-. The lowest BCUT2D eigenvalue weighted by Crippen LogP contribution is -2.30. The fourth-order valence-electron chi connectivity index (χ4n) is 9.50. The Balaban J connectivity index is 4.43. The SMILES string of the molecule is CC/C=C\C/C=C\C/C=C\C/C=C\C/C=C\CCCCCCCC(=O)OCC(COC(=O)CCCCCCCCCCC/C=C\CCCCCCCC)OC(=O)CCCCCCCCCCC/C=C\C/C=C\CCCCCCC. The van der Waals surface area contributed by atoms with Crippen molar-refractivity contribution in [3.05, 3.63) is 97.2 Å². The molecular weight excluding hydrogens is 973 g/mol. The van der Waals surface area contributed by atoms with Crippen LogP contribution in [0.2, 0.25) is 0 Å². The minimum atomic E-state index is -0.792. The largest absolute Gasteiger partial charge is 0.462 e. The first-order valence-electron chi connectivity index (χ1n) is 33.7. The molecule has 1 atom stereocenters. The van der Waals surface area contributed by atoms with Gasteiger partial charge < -0.3 is 14.2 Å². The van der Waals surface area contributed by atoms with Gasteiger partial charge in [-0.25, -0.2) is 0 Å². The number of unbranched alkanes of at least 4 members (excludes halogenated alkanes) is 34. The Kier molecular flexibility index (Phi) is 63.7. The Hall–Kier alpha value is -3.67. The Morgan fingerprint density at radius 2 is 0.494 bits per heavy atom. The lowest BCUT2D eigenvalue weighted by Gasteiger charge is -2.18. The van der Waals surface area contributed by atoms with Crippen molar-refractivity contribution in [3.63, 3.8) is 0 Å². The van der Waals surface area contributed by atoms with Crippen molar-refractivity contribution in [2.45, 2.75) is 335 Å². The number of hydrogen-bond acceptors (Lipinski definition) is 6. The molecule has 0 aliphatic carbocycles. The van der Waals surface area contributed by atoms with Crippen LogP contribution in [-0.2, 0) is 28.6 Å². The van der Waals surface area contributed by atoms with Crippen molar-refractivity contribution in [2.24, 2.45) is 0 Å². The zero-order chi connectivity index (χ0) is 57.1. The molecule has 6 nitrogen and oxygen atoms in total. The average molecular weight is 1100 g/mol. The van der Waals surface area contributed by atoms with Gasteiger partial charge in [0.1, 0.15) is 13.2 Å². The molecule has 0 bridgehead atoms. The molecule has 0 saturated carbocycles. The predicted molar refractivity (Wildman–Crippen MR) is 344 cm³/mol. The van der Waals surface area contributed by atoms with Crippen molar-refractivity contribution >= 4 is 17.9 Å². The van der Waals surface area contributed by atoms with Crippen molar-refractivity contribution in [2.75, 3.05) is 13.2 Å². The molecule has 6 heteroatoms. The summed E-state index contributed by atoms with van der Waals surface area (Å²) in [7, 11) is 0. The second kappa shape index (κ2) is 66.8. The summed E-state index contributed by atoms with van der Waals surface area (Å²) in [6, 6.07) is 0. The fraction of sp³-hybridized carbons (Fsp3) is 0.740. The molecular formula is C73H126O6. The normalized spacial score (nSPS) is 12.7. The number of rotatable bonds is 61. The van der Waals surface area contributed by atoms with Gasteiger partial charge >= 0.3 is 17.9 Å². The van der Waals surface area contributed by atoms with Crippen LogP contribution in [0.15, 0.2) is 97.2 Å². The van der Waals surface area contributed by atoms with E-state index in [1.165, 1.54) is 173 Å². The maximum atomic E-state index is 13.0. The molecule has 0 aliphatic heterocycles. The molecule has 454 valence electrons. The van der Waals surface area contributed by atoms with Crippen LogP contribution in [0.25, 0.3) is 0 Å². The molecule has 0 fully saturated rings. The fourth-order valence-corrected chi connectivity index (χ4v) is 9.50. The number of esters is 3. The predicted octanol–water partition coefficient (Wildman–Crippen LogP) is 23.2. The highest BCUT2D eigenvalue weighted by Gasteiger charge is 2.19. The zero-order valence-electron chi connectivity index (χ0n) is 52.1. The summed E-state index contributed by atoms with van der Waals surface area (Å²) < 4.78 is 17.0. The van der Waals surface area contributed by atoms with E-state index in [2.05, 4.69) is 118 Å². The lowest BCUT2D eigenvalue weighted by molar-refractivity contribution is -0.167. The molecule has 0 aromatic carbocycles. The van der Waals surface area contributed by atoms with Gasteiger partial charge in [-0.2, -0.15) is 0 Å². The van der Waals surface area contributed by atoms with Crippen LogP contribution >= 0.6 is 0 Å². The van der Waals surface area contributed by atoms with Gasteiger partial charge in [-0.05, 0) is 122 Å². The molecule has 0 rings (SSSR count). The molecule has 0 spiro atoms. The first-order chi connectivity index (χ1) is 39.0. The summed E-state index contributed by atoms with van der Waals surface area (Å²) in [5.41, 5.74) is 0. The Labute approximate surface area is 489 Å². The van der Waals surface area contributed by atoms with Crippen LogP contribution in [0.1, 0.15) is 329 Å². The third-order valence-corrected chi connectivity index (χ3v) is 14.5. The third kappa shape index (κ3) is 65.0. The number of ether oxygens (including phenoxy) is 3. The number of carbonyl (C=O) groups is 3. The molecule has 0 aliphatic rings. The molecule has 79 heavy (non-hydrogen) atoms. The van der Waals surface area contributed by atoms with E-state index in [4.69, 9.17) is 14.2 Å². The summed E-state index contributed by atoms with van der Waals surface area (Å²) >= 11 is 0. The van der Waals surface area contributed by atoms with Gasteiger partial charge in [0.2, 0.25) is 0 Å². The highest BCUT2D eigenvalue weighted by Crippen LogP contribution is 2.16. The second-order valence-corrected chi connectivity index (χ2v) is 22.3. The van der Waals surface area contributed by atoms with Crippen LogP contribution in [0.3, 0.4) is 0 Å². The van der Waals surface area contributed by atoms with E-state index in [0.717, 1.165) is 116 Å². The molecule has 0 heterocycles. The summed E-state index contributed by atoms with van der Waals surface area (Å²) in [4.78, 5) is 38.4. The van der Waals surface area contributed by atoms with Crippen LogP contribution in [0.4, 0.5) is 0 Å². The van der Waals surface area contributed by atoms with Gasteiger partial charge in [0.25, 0.3) is 0 Å². The van der Waals surface area contributed by atoms with E-state index in [9.17, 15) is 14.4 Å². The smallest absolute Gasteiger partial charge is 0.306 e. The number of allylic oxidation sites excluding steroid dienone is 16. The average Bonchev–Trinajstić information content (AvgIpc) is 3.45. The van der Waals surface area contributed by atoms with Crippen molar-refractivity contribution < 1.29 is 28.6 Å². The first-order valence-corrected chi connectivity index (χ1v) is 33.7. The lowest BCUT2D eigenvalue weighted by atomic mass is 10.1. The second-order valence-electron chi connectivity index (χ2n) is 22.3. The summed E-state index contributed by atoms with van der Waals surface area (Å²) in [5.74, 6) is -0.898. The maximum absolute atomic E-state index is 13.0. The van der Waals surface area contributed by atoms with Gasteiger partial charge in [0, 0.05) is 19.3 Å². The summed E-state index contributed by atoms with van der Waals surface area (Å²) in [6.45, 7) is 6.53. The quantitative estimate of drug-likeness (QED) is 0.0261. The van der Waals surface area contributed by atoms with Crippen LogP contribution in [-0.4, -0.2) is 37.2 Å². The maximum Gasteiger partial charge on any atom is 0.306 e. The minimum Gasteiger partial charge on any atom is -0.462 e. The topological polar surface area (TPSA) is 78.9 Å². The van der Waals surface area contributed by atoms with E-state index in [1.807, 2.05) is 0 Å². The van der Waals surface area contributed by atoms with Crippen molar-refractivity contribution in [3.8, 4) is 0 Å². The van der Waals surface area contributed by atoms with Gasteiger partial charge in [0.15, 0.2) is 6.10 Å². The van der Waals surface area contributed by atoms with E-state index in [1.54, 1.807) is 0 Å². The van der Waals surface area contributed by atoms with Crippen LogP contribution in [0.5, 0.6) is 0 Å². The van der Waals surface area contributed by atoms with E-state index < -0.39 is 6.10 Å². The highest BCUT2D eigenvalue weighted by atomic mass is 16.6. The summed E-state index contributed by atoms with van der Waals surface area (Å²) in [6.07, 6.45) is 89.8. The molecule has 0 amide bonds. The van der Waals surface area contributed by atoms with Gasteiger partial charge in [0.05, 0.1) is 0 Å². The Morgan fingerprint density at radius 1 is 0.266 bits per heavy atom. The molecule has 1 unspecified atom stereocenters. The van der Waals surface area contributed by atoms with Crippen molar-refractivity contribution in [1.82, 2.24) is 0 Å². The minimum absolute atomic E-state index is 0.0857. The molecule has 0 aromatic rings. The number of carbonyl (C=O) groups excluding carboxylic acids is 3.